The molecule has 0 saturated heterocycles. The van der Waals surface area contributed by atoms with Crippen molar-refractivity contribution in [2.24, 2.45) is 0 Å². The van der Waals surface area contributed by atoms with Crippen LogP contribution < -0.4 is 10.6 Å². The van der Waals surface area contributed by atoms with Crippen molar-refractivity contribution < 1.29 is 4.79 Å². The van der Waals surface area contributed by atoms with Gasteiger partial charge in [-0.1, -0.05) is 41.4 Å². The number of imidazole rings is 1. The van der Waals surface area contributed by atoms with E-state index in [-0.39, 0.29) is 18.6 Å². The van der Waals surface area contributed by atoms with Crippen LogP contribution in [-0.2, 0) is 6.54 Å². The lowest BCUT2D eigenvalue weighted by Gasteiger charge is -2.11. The standard InChI is InChI=1S/C18H20ClN5O/c1-11(2)21-18(25)20-10-14-17(13-6-4-12(3)5-7-13)22-16-9-8-15(19)23-24(14)16/h4-9,11H,10H2,1-3H3,(H2,20,21,25). The van der Waals surface area contributed by atoms with Gasteiger partial charge < -0.3 is 10.6 Å². The van der Waals surface area contributed by atoms with Gasteiger partial charge in [0.1, 0.15) is 5.15 Å². The first-order valence-corrected chi connectivity index (χ1v) is 8.47. The molecule has 0 aliphatic rings. The molecule has 0 aliphatic heterocycles. The van der Waals surface area contributed by atoms with Gasteiger partial charge in [-0.3, -0.25) is 0 Å². The van der Waals surface area contributed by atoms with Gasteiger partial charge >= 0.3 is 6.03 Å². The lowest BCUT2D eigenvalue weighted by atomic mass is 10.1. The lowest BCUT2D eigenvalue weighted by Crippen LogP contribution is -2.39. The fourth-order valence-corrected chi connectivity index (χ4v) is 2.67. The topological polar surface area (TPSA) is 71.3 Å². The number of fused-ring (bicyclic) bond motifs is 1. The number of nitrogens with one attached hydrogen (secondary N) is 2. The van der Waals surface area contributed by atoms with E-state index < -0.39 is 0 Å². The first kappa shape index (κ1) is 17.2. The predicted octanol–water partition coefficient (Wildman–Crippen LogP) is 3.57. The maximum atomic E-state index is 11.9. The van der Waals surface area contributed by atoms with Crippen LogP contribution in [0.3, 0.4) is 0 Å². The zero-order valence-corrected chi connectivity index (χ0v) is 15.1. The second-order valence-electron chi connectivity index (χ2n) is 6.18. The molecule has 0 radical (unpaired) electrons. The minimum Gasteiger partial charge on any atom is -0.336 e. The van der Waals surface area contributed by atoms with Crippen molar-refractivity contribution in [3.8, 4) is 11.3 Å². The number of amides is 2. The number of rotatable bonds is 4. The van der Waals surface area contributed by atoms with Crippen LogP contribution in [0.5, 0.6) is 0 Å². The number of benzene rings is 1. The number of aromatic nitrogens is 3. The van der Waals surface area contributed by atoms with Crippen LogP contribution in [-0.4, -0.2) is 26.7 Å². The molecule has 6 nitrogen and oxygen atoms in total. The minimum absolute atomic E-state index is 0.0614. The summed E-state index contributed by atoms with van der Waals surface area (Å²) in [6.07, 6.45) is 0. The monoisotopic (exact) mass is 357 g/mol. The Morgan fingerprint density at radius 2 is 1.92 bits per heavy atom. The number of carbonyl (C=O) groups excluding carboxylic acids is 1. The third-order valence-electron chi connectivity index (χ3n) is 3.70. The van der Waals surface area contributed by atoms with Crippen LogP contribution in [0.4, 0.5) is 4.79 Å². The fourth-order valence-electron chi connectivity index (χ4n) is 2.54. The van der Waals surface area contributed by atoms with E-state index in [2.05, 4.69) is 20.7 Å². The second-order valence-corrected chi connectivity index (χ2v) is 6.57. The highest BCUT2D eigenvalue weighted by Gasteiger charge is 2.16. The molecule has 2 heterocycles. The summed E-state index contributed by atoms with van der Waals surface area (Å²) in [5, 5.41) is 10.4. The van der Waals surface area contributed by atoms with Gasteiger partial charge in [0.05, 0.1) is 17.9 Å². The molecule has 0 bridgehead atoms. The molecule has 2 aromatic heterocycles. The molecule has 0 fully saturated rings. The highest BCUT2D eigenvalue weighted by atomic mass is 35.5. The summed E-state index contributed by atoms with van der Waals surface area (Å²) in [6.45, 7) is 6.14. The van der Waals surface area contributed by atoms with Gasteiger partial charge in [-0.2, -0.15) is 5.10 Å². The highest BCUT2D eigenvalue weighted by Crippen LogP contribution is 2.25. The van der Waals surface area contributed by atoms with Gasteiger partial charge in [0.2, 0.25) is 0 Å². The molecular weight excluding hydrogens is 338 g/mol. The van der Waals surface area contributed by atoms with E-state index in [1.54, 1.807) is 10.6 Å². The van der Waals surface area contributed by atoms with Gasteiger partial charge in [-0.15, -0.1) is 0 Å². The molecule has 0 saturated carbocycles. The number of hydrogen-bond donors (Lipinski definition) is 2. The Labute approximate surface area is 151 Å². The molecule has 0 aliphatic carbocycles. The lowest BCUT2D eigenvalue weighted by molar-refractivity contribution is 0.238. The molecule has 130 valence electrons. The summed E-state index contributed by atoms with van der Waals surface area (Å²) in [4.78, 5) is 16.6. The summed E-state index contributed by atoms with van der Waals surface area (Å²) in [6, 6.07) is 11.4. The van der Waals surface area contributed by atoms with Crippen LogP contribution >= 0.6 is 11.6 Å². The Balaban J connectivity index is 2.00. The zero-order chi connectivity index (χ0) is 18.0. The maximum absolute atomic E-state index is 11.9. The van der Waals surface area contributed by atoms with E-state index in [4.69, 9.17) is 11.6 Å². The van der Waals surface area contributed by atoms with E-state index >= 15 is 0 Å². The van der Waals surface area contributed by atoms with Gasteiger partial charge in [-0.25, -0.2) is 14.3 Å². The van der Waals surface area contributed by atoms with Crippen molar-refractivity contribution in [2.45, 2.75) is 33.4 Å². The molecule has 7 heteroatoms. The predicted molar refractivity (Wildman–Crippen MR) is 98.7 cm³/mol. The first-order valence-electron chi connectivity index (χ1n) is 8.09. The minimum atomic E-state index is -0.234. The zero-order valence-electron chi connectivity index (χ0n) is 14.4. The molecule has 3 rings (SSSR count). The Morgan fingerprint density at radius 3 is 2.60 bits per heavy atom. The average molecular weight is 358 g/mol. The van der Waals surface area contributed by atoms with Crippen LogP contribution in [0.25, 0.3) is 16.9 Å². The second kappa shape index (κ2) is 7.11. The Bertz CT molecular complexity index is 902. The Hall–Kier alpha value is -2.60. The quantitative estimate of drug-likeness (QED) is 0.749. The normalized spacial score (nSPS) is 11.1. The summed E-state index contributed by atoms with van der Waals surface area (Å²) in [5.41, 5.74) is 4.37. The van der Waals surface area contributed by atoms with E-state index in [0.717, 1.165) is 17.0 Å². The third-order valence-corrected chi connectivity index (χ3v) is 3.90. The van der Waals surface area contributed by atoms with Crippen molar-refractivity contribution in [2.75, 3.05) is 0 Å². The third kappa shape index (κ3) is 3.91. The van der Waals surface area contributed by atoms with Gasteiger partial charge in [-0.05, 0) is 32.9 Å². The van der Waals surface area contributed by atoms with Gasteiger partial charge in [0, 0.05) is 11.6 Å². The number of aryl methyl sites for hydroxylation is 1. The molecular formula is C18H20ClN5O. The summed E-state index contributed by atoms with van der Waals surface area (Å²) >= 11 is 6.04. The van der Waals surface area contributed by atoms with Crippen molar-refractivity contribution in [1.29, 1.82) is 0 Å². The van der Waals surface area contributed by atoms with E-state index in [9.17, 15) is 4.79 Å². The van der Waals surface area contributed by atoms with Crippen molar-refractivity contribution in [3.63, 3.8) is 0 Å². The van der Waals surface area contributed by atoms with Crippen LogP contribution in [0.15, 0.2) is 36.4 Å². The summed E-state index contributed by atoms with van der Waals surface area (Å²) < 4.78 is 1.67. The molecule has 25 heavy (non-hydrogen) atoms. The van der Waals surface area contributed by atoms with Crippen molar-refractivity contribution in [1.82, 2.24) is 25.2 Å². The number of urea groups is 1. The highest BCUT2D eigenvalue weighted by molar-refractivity contribution is 6.29. The Kier molecular flexibility index (Phi) is 4.90. The van der Waals surface area contributed by atoms with E-state index in [1.165, 1.54) is 5.56 Å². The average Bonchev–Trinajstić information content (AvgIpc) is 2.90. The van der Waals surface area contributed by atoms with E-state index in [0.29, 0.717) is 10.8 Å². The Morgan fingerprint density at radius 1 is 1.20 bits per heavy atom. The molecule has 1 aromatic carbocycles. The SMILES string of the molecule is Cc1ccc(-c2nc3ccc(Cl)nn3c2CNC(=O)NC(C)C)cc1. The number of hydrogen-bond acceptors (Lipinski definition) is 3. The number of nitrogens with zero attached hydrogens (tertiary/aromatic N) is 3. The van der Waals surface area contributed by atoms with Crippen LogP contribution in [0.1, 0.15) is 25.1 Å². The fraction of sp³-hybridized carbons (Fsp3) is 0.278. The largest absolute Gasteiger partial charge is 0.336 e. The van der Waals surface area contributed by atoms with Crippen LogP contribution in [0.2, 0.25) is 5.15 Å². The maximum Gasteiger partial charge on any atom is 0.315 e. The molecule has 0 spiro atoms. The number of halogens is 1. The molecule has 2 amide bonds. The van der Waals surface area contributed by atoms with E-state index in [1.807, 2.05) is 51.1 Å². The number of carbonyl (C=O) groups is 1. The van der Waals surface area contributed by atoms with Crippen LogP contribution in [0, 0.1) is 6.92 Å². The molecule has 3 aromatic rings. The van der Waals surface area contributed by atoms with Gasteiger partial charge in [0.15, 0.2) is 5.65 Å². The molecule has 2 N–H and O–H groups in total. The molecule has 0 atom stereocenters. The summed E-state index contributed by atoms with van der Waals surface area (Å²) in [5.74, 6) is 0. The molecule has 0 unspecified atom stereocenters. The first-order chi connectivity index (χ1) is 11.9. The van der Waals surface area contributed by atoms with Crippen molar-refractivity contribution >= 4 is 23.3 Å². The smallest absolute Gasteiger partial charge is 0.315 e. The summed E-state index contributed by atoms with van der Waals surface area (Å²) in [7, 11) is 0. The van der Waals surface area contributed by atoms with Crippen molar-refractivity contribution in [3.05, 3.63) is 52.8 Å². The van der Waals surface area contributed by atoms with Gasteiger partial charge in [0.25, 0.3) is 0 Å².